The molecule has 33 heavy (non-hydrogen) atoms. The van der Waals surface area contributed by atoms with E-state index in [1.165, 1.54) is 6.07 Å². The average Bonchev–Trinajstić information content (AvgIpc) is 3.50. The fraction of sp³-hybridized carbons (Fsp3) is 0.240. The standard InChI is InChI=1S/C25H23FN2O5/c26-20-7-3-1-5-18(20)22-13-11-17(33-22)12-14-24(30)32-15-23(29)28-21-8-4-2-6-19(21)25(31)27-16-9-10-16/h1-8,11,13,16H,9-10,12,14-15H2,(H,27,31)(H,28,29). The number of esters is 1. The van der Waals surface area contributed by atoms with Crippen molar-refractivity contribution in [2.45, 2.75) is 31.7 Å². The molecule has 0 aliphatic heterocycles. The second kappa shape index (κ2) is 10.1. The van der Waals surface area contributed by atoms with Gasteiger partial charge in [0.1, 0.15) is 17.3 Å². The molecule has 0 spiro atoms. The normalized spacial score (nSPS) is 12.8. The van der Waals surface area contributed by atoms with Crippen molar-refractivity contribution in [2.24, 2.45) is 0 Å². The molecule has 4 rings (SSSR count). The largest absolute Gasteiger partial charge is 0.461 e. The molecule has 3 aromatic rings. The van der Waals surface area contributed by atoms with Gasteiger partial charge in [-0.05, 0) is 49.2 Å². The number of halogens is 1. The molecular weight excluding hydrogens is 427 g/mol. The van der Waals surface area contributed by atoms with Crippen LogP contribution in [0.5, 0.6) is 0 Å². The van der Waals surface area contributed by atoms with Crippen LogP contribution in [-0.2, 0) is 20.7 Å². The van der Waals surface area contributed by atoms with E-state index in [1.807, 2.05) is 0 Å². The molecule has 1 aliphatic carbocycles. The third kappa shape index (κ3) is 6.06. The highest BCUT2D eigenvalue weighted by atomic mass is 19.1. The molecule has 7 nitrogen and oxygen atoms in total. The van der Waals surface area contributed by atoms with Crippen molar-refractivity contribution in [1.82, 2.24) is 5.32 Å². The van der Waals surface area contributed by atoms with E-state index in [1.54, 1.807) is 54.6 Å². The van der Waals surface area contributed by atoms with Crippen LogP contribution in [0.4, 0.5) is 10.1 Å². The van der Waals surface area contributed by atoms with E-state index in [0.717, 1.165) is 12.8 Å². The van der Waals surface area contributed by atoms with Gasteiger partial charge in [0.05, 0.1) is 23.2 Å². The van der Waals surface area contributed by atoms with Crippen LogP contribution in [0.15, 0.2) is 65.1 Å². The van der Waals surface area contributed by atoms with Crippen LogP contribution in [-0.4, -0.2) is 30.4 Å². The summed E-state index contributed by atoms with van der Waals surface area (Å²) in [6.07, 6.45) is 2.16. The molecule has 2 amide bonds. The smallest absolute Gasteiger partial charge is 0.306 e. The number of ether oxygens (including phenoxy) is 1. The zero-order valence-corrected chi connectivity index (χ0v) is 17.8. The minimum absolute atomic E-state index is 0.00210. The lowest BCUT2D eigenvalue weighted by atomic mass is 10.1. The molecule has 0 saturated heterocycles. The molecular formula is C25H23FN2O5. The average molecular weight is 450 g/mol. The third-order valence-electron chi connectivity index (χ3n) is 5.10. The maximum atomic E-state index is 13.9. The van der Waals surface area contributed by atoms with Crippen LogP contribution in [0, 0.1) is 5.82 Å². The molecule has 1 aromatic heterocycles. The minimum Gasteiger partial charge on any atom is -0.461 e. The molecule has 0 radical (unpaired) electrons. The molecule has 1 saturated carbocycles. The number of benzene rings is 2. The summed E-state index contributed by atoms with van der Waals surface area (Å²) in [4.78, 5) is 36.6. The molecule has 1 heterocycles. The van der Waals surface area contributed by atoms with E-state index >= 15 is 0 Å². The van der Waals surface area contributed by atoms with E-state index < -0.39 is 24.3 Å². The van der Waals surface area contributed by atoms with Gasteiger partial charge >= 0.3 is 5.97 Å². The number of rotatable bonds is 9. The predicted molar refractivity (Wildman–Crippen MR) is 119 cm³/mol. The van der Waals surface area contributed by atoms with Crippen molar-refractivity contribution in [3.05, 3.63) is 77.8 Å². The second-order valence-corrected chi connectivity index (χ2v) is 7.75. The molecule has 8 heteroatoms. The van der Waals surface area contributed by atoms with Gasteiger partial charge in [0.25, 0.3) is 11.8 Å². The Morgan fingerprint density at radius 2 is 1.76 bits per heavy atom. The number of hydrogen-bond donors (Lipinski definition) is 2. The number of aryl methyl sites for hydroxylation is 1. The van der Waals surface area contributed by atoms with Gasteiger partial charge in [-0.15, -0.1) is 0 Å². The van der Waals surface area contributed by atoms with Gasteiger partial charge in [-0.1, -0.05) is 24.3 Å². The lowest BCUT2D eigenvalue weighted by molar-refractivity contribution is -0.147. The van der Waals surface area contributed by atoms with E-state index in [0.29, 0.717) is 28.3 Å². The highest BCUT2D eigenvalue weighted by molar-refractivity contribution is 6.04. The van der Waals surface area contributed by atoms with Crippen molar-refractivity contribution < 1.29 is 27.9 Å². The monoisotopic (exact) mass is 450 g/mol. The predicted octanol–water partition coefficient (Wildman–Crippen LogP) is 4.09. The van der Waals surface area contributed by atoms with Gasteiger partial charge < -0.3 is 19.8 Å². The van der Waals surface area contributed by atoms with E-state index in [-0.39, 0.29) is 24.8 Å². The first-order chi connectivity index (χ1) is 16.0. The first-order valence-corrected chi connectivity index (χ1v) is 10.7. The summed E-state index contributed by atoms with van der Waals surface area (Å²) in [7, 11) is 0. The van der Waals surface area contributed by atoms with Gasteiger partial charge in [0.2, 0.25) is 0 Å². The highest BCUT2D eigenvalue weighted by Gasteiger charge is 2.25. The van der Waals surface area contributed by atoms with E-state index in [2.05, 4.69) is 10.6 Å². The molecule has 170 valence electrons. The summed E-state index contributed by atoms with van der Waals surface area (Å²) >= 11 is 0. The van der Waals surface area contributed by atoms with Crippen molar-refractivity contribution >= 4 is 23.5 Å². The zero-order chi connectivity index (χ0) is 23.2. The fourth-order valence-corrected chi connectivity index (χ4v) is 3.23. The Bertz CT molecular complexity index is 1170. The third-order valence-corrected chi connectivity index (χ3v) is 5.10. The van der Waals surface area contributed by atoms with Crippen LogP contribution in [0.1, 0.15) is 35.4 Å². The van der Waals surface area contributed by atoms with Crippen LogP contribution >= 0.6 is 0 Å². The highest BCUT2D eigenvalue weighted by Crippen LogP contribution is 2.25. The van der Waals surface area contributed by atoms with Crippen LogP contribution in [0.2, 0.25) is 0 Å². The van der Waals surface area contributed by atoms with Gasteiger partial charge in [0, 0.05) is 12.5 Å². The molecule has 0 atom stereocenters. The van der Waals surface area contributed by atoms with Crippen molar-refractivity contribution in [2.75, 3.05) is 11.9 Å². The maximum absolute atomic E-state index is 13.9. The zero-order valence-electron chi connectivity index (χ0n) is 17.8. The Hall–Kier alpha value is -3.94. The molecule has 1 aliphatic rings. The van der Waals surface area contributed by atoms with Gasteiger partial charge in [-0.2, -0.15) is 0 Å². The second-order valence-electron chi connectivity index (χ2n) is 7.75. The molecule has 0 bridgehead atoms. The summed E-state index contributed by atoms with van der Waals surface area (Å²) < 4.78 is 24.5. The Labute approximate surface area is 189 Å². The number of amides is 2. The summed E-state index contributed by atoms with van der Waals surface area (Å²) in [5, 5.41) is 5.49. The first-order valence-electron chi connectivity index (χ1n) is 10.7. The molecule has 2 aromatic carbocycles. The van der Waals surface area contributed by atoms with Crippen molar-refractivity contribution in [3.63, 3.8) is 0 Å². The Morgan fingerprint density at radius 1 is 1.00 bits per heavy atom. The fourth-order valence-electron chi connectivity index (χ4n) is 3.23. The van der Waals surface area contributed by atoms with Crippen molar-refractivity contribution in [1.29, 1.82) is 0 Å². The Kier molecular flexibility index (Phi) is 6.83. The van der Waals surface area contributed by atoms with Crippen LogP contribution in [0.25, 0.3) is 11.3 Å². The van der Waals surface area contributed by atoms with Crippen LogP contribution < -0.4 is 10.6 Å². The first kappa shape index (κ1) is 22.3. The van der Waals surface area contributed by atoms with Crippen molar-refractivity contribution in [3.8, 4) is 11.3 Å². The number of para-hydroxylation sites is 1. The summed E-state index contributed by atoms with van der Waals surface area (Å²) in [6, 6.07) is 16.4. The van der Waals surface area contributed by atoms with Gasteiger partial charge in [0.15, 0.2) is 6.61 Å². The molecule has 1 fully saturated rings. The lowest BCUT2D eigenvalue weighted by Crippen LogP contribution is -2.28. The van der Waals surface area contributed by atoms with Crippen LogP contribution in [0.3, 0.4) is 0 Å². The Morgan fingerprint density at radius 3 is 2.55 bits per heavy atom. The lowest BCUT2D eigenvalue weighted by Gasteiger charge is -2.11. The number of anilines is 1. The van der Waals surface area contributed by atoms with E-state index in [9.17, 15) is 18.8 Å². The molecule has 2 N–H and O–H groups in total. The van der Waals surface area contributed by atoms with Gasteiger partial charge in [-0.25, -0.2) is 4.39 Å². The summed E-state index contributed by atoms with van der Waals surface area (Å²) in [5.74, 6) is -0.886. The SMILES string of the molecule is O=C(COC(=O)CCc1ccc(-c2ccccc2F)o1)Nc1ccccc1C(=O)NC1CC1. The summed E-state index contributed by atoms with van der Waals surface area (Å²) in [6.45, 7) is -0.476. The number of carbonyl (C=O) groups excluding carboxylic acids is 3. The van der Waals surface area contributed by atoms with Gasteiger partial charge in [-0.3, -0.25) is 14.4 Å². The molecule has 0 unspecified atom stereocenters. The quantitative estimate of drug-likeness (QED) is 0.479. The maximum Gasteiger partial charge on any atom is 0.306 e. The van der Waals surface area contributed by atoms with E-state index in [4.69, 9.17) is 9.15 Å². The number of hydrogen-bond acceptors (Lipinski definition) is 5. The topological polar surface area (TPSA) is 97.6 Å². The Balaban J connectivity index is 1.24. The number of furan rings is 1. The summed E-state index contributed by atoms with van der Waals surface area (Å²) in [5.41, 5.74) is 1.05. The number of nitrogens with one attached hydrogen (secondary N) is 2. The minimum atomic E-state index is -0.575. The number of carbonyl (C=O) groups is 3.